The van der Waals surface area contributed by atoms with Crippen molar-refractivity contribution in [3.05, 3.63) is 0 Å². The summed E-state index contributed by atoms with van der Waals surface area (Å²) in [6.07, 6.45) is 3.45. The predicted molar refractivity (Wildman–Crippen MR) is 56.5 cm³/mol. The highest BCUT2D eigenvalue weighted by molar-refractivity contribution is 5.80. The average molecular weight is 213 g/mol. The lowest BCUT2D eigenvalue weighted by Crippen LogP contribution is -2.33. The molecule has 86 valence electrons. The van der Waals surface area contributed by atoms with Crippen LogP contribution in [0, 0.1) is 5.92 Å². The van der Waals surface area contributed by atoms with E-state index >= 15 is 0 Å². The Hall–Kier alpha value is -1.06. The molecule has 0 heterocycles. The first-order valence-electron chi connectivity index (χ1n) is 5.63. The topological polar surface area (TPSA) is 57.6 Å². The van der Waals surface area contributed by atoms with Crippen LogP contribution in [0.15, 0.2) is 0 Å². The Balaban J connectivity index is 2.31. The number of hydrogen-bond acceptors (Lipinski definition) is 2. The van der Waals surface area contributed by atoms with E-state index in [9.17, 15) is 9.59 Å². The smallest absolute Gasteiger partial charge is 0.303 e. The third-order valence-electron chi connectivity index (χ3n) is 2.57. The van der Waals surface area contributed by atoms with Crippen molar-refractivity contribution in [1.82, 2.24) is 4.90 Å². The van der Waals surface area contributed by atoms with Gasteiger partial charge in [-0.05, 0) is 25.2 Å². The Labute approximate surface area is 90.3 Å². The predicted octanol–water partition coefficient (Wildman–Crippen LogP) is 1.50. The molecule has 0 radical (unpaired) electrons. The number of carboxylic acid groups (broad SMARTS) is 1. The molecule has 15 heavy (non-hydrogen) atoms. The monoisotopic (exact) mass is 213 g/mol. The zero-order valence-electron chi connectivity index (χ0n) is 9.24. The molecule has 0 aromatic rings. The summed E-state index contributed by atoms with van der Waals surface area (Å²) in [5, 5.41) is 8.50. The van der Waals surface area contributed by atoms with E-state index in [4.69, 9.17) is 5.11 Å². The highest BCUT2D eigenvalue weighted by Gasteiger charge is 2.26. The summed E-state index contributed by atoms with van der Waals surface area (Å²) in [6.45, 7) is 3.62. The molecule has 0 bridgehead atoms. The zero-order valence-corrected chi connectivity index (χ0v) is 9.24. The Morgan fingerprint density at radius 2 is 2.00 bits per heavy atom. The van der Waals surface area contributed by atoms with Gasteiger partial charge in [0.25, 0.3) is 0 Å². The molecule has 1 saturated carbocycles. The van der Waals surface area contributed by atoms with Crippen molar-refractivity contribution in [3.8, 4) is 0 Å². The van der Waals surface area contributed by atoms with Crippen LogP contribution in [0.1, 0.15) is 39.0 Å². The summed E-state index contributed by atoms with van der Waals surface area (Å²) in [6, 6.07) is 0. The van der Waals surface area contributed by atoms with Gasteiger partial charge in [-0.3, -0.25) is 9.59 Å². The third-order valence-corrected chi connectivity index (χ3v) is 2.57. The molecule has 0 spiro atoms. The van der Waals surface area contributed by atoms with Crippen LogP contribution < -0.4 is 0 Å². The van der Waals surface area contributed by atoms with Crippen molar-refractivity contribution in [2.24, 2.45) is 5.92 Å². The molecule has 1 N–H and O–H groups in total. The Bertz CT molecular complexity index is 236. The van der Waals surface area contributed by atoms with Gasteiger partial charge in [0.05, 0.1) is 6.42 Å². The maximum Gasteiger partial charge on any atom is 0.303 e. The number of rotatable bonds is 7. The number of nitrogens with zero attached hydrogens (tertiary/aromatic N) is 1. The van der Waals surface area contributed by atoms with E-state index < -0.39 is 5.97 Å². The fraction of sp³-hybridized carbons (Fsp3) is 0.818. The molecule has 4 heteroatoms. The van der Waals surface area contributed by atoms with E-state index in [0.29, 0.717) is 5.92 Å². The van der Waals surface area contributed by atoms with Gasteiger partial charge in [-0.25, -0.2) is 0 Å². The summed E-state index contributed by atoms with van der Waals surface area (Å²) in [5.74, 6) is -0.234. The molecule has 1 amide bonds. The first kappa shape index (κ1) is 12.0. The number of carbonyl (C=O) groups excluding carboxylic acids is 1. The van der Waals surface area contributed by atoms with Crippen molar-refractivity contribution < 1.29 is 14.7 Å². The number of amides is 1. The second-order valence-corrected chi connectivity index (χ2v) is 4.18. The Kier molecular flexibility index (Phi) is 4.59. The van der Waals surface area contributed by atoms with Crippen molar-refractivity contribution in [1.29, 1.82) is 0 Å². The molecule has 1 fully saturated rings. The summed E-state index contributed by atoms with van der Waals surface area (Å²) >= 11 is 0. The van der Waals surface area contributed by atoms with E-state index in [1.165, 1.54) is 12.8 Å². The number of carboxylic acids is 1. The third kappa shape index (κ3) is 4.81. The lowest BCUT2D eigenvalue weighted by Gasteiger charge is -2.21. The SMILES string of the molecule is CCCN(CC1CC1)C(=O)CCC(=O)O. The molecule has 0 saturated heterocycles. The summed E-state index contributed by atoms with van der Waals surface area (Å²) in [5.41, 5.74) is 0. The molecule has 1 aliphatic carbocycles. The maximum absolute atomic E-state index is 11.7. The largest absolute Gasteiger partial charge is 0.481 e. The van der Waals surface area contributed by atoms with Crippen molar-refractivity contribution in [3.63, 3.8) is 0 Å². The van der Waals surface area contributed by atoms with Gasteiger partial charge in [-0.15, -0.1) is 0 Å². The van der Waals surface area contributed by atoms with Gasteiger partial charge in [0.1, 0.15) is 0 Å². The van der Waals surface area contributed by atoms with Crippen LogP contribution in [0.2, 0.25) is 0 Å². The molecule has 1 rings (SSSR count). The fourth-order valence-electron chi connectivity index (χ4n) is 1.57. The average Bonchev–Trinajstić information content (AvgIpc) is 2.97. The first-order valence-corrected chi connectivity index (χ1v) is 5.63. The molecule has 0 aromatic carbocycles. The summed E-state index contributed by atoms with van der Waals surface area (Å²) in [4.78, 5) is 23.8. The van der Waals surface area contributed by atoms with E-state index in [1.807, 2.05) is 11.8 Å². The fourth-order valence-corrected chi connectivity index (χ4v) is 1.57. The lowest BCUT2D eigenvalue weighted by molar-refractivity contribution is -0.141. The standard InChI is InChI=1S/C11H19NO3/c1-2-7-12(8-9-3-4-9)10(13)5-6-11(14)15/h9H,2-8H2,1H3,(H,14,15). The van der Waals surface area contributed by atoms with Crippen LogP contribution in [0.4, 0.5) is 0 Å². The molecule has 1 aliphatic rings. The van der Waals surface area contributed by atoms with Crippen LogP contribution >= 0.6 is 0 Å². The van der Waals surface area contributed by atoms with Crippen LogP contribution in [0.25, 0.3) is 0 Å². The molecular weight excluding hydrogens is 194 g/mol. The number of carbonyl (C=O) groups is 2. The minimum Gasteiger partial charge on any atom is -0.481 e. The molecule has 0 aliphatic heterocycles. The second kappa shape index (κ2) is 5.73. The lowest BCUT2D eigenvalue weighted by atomic mass is 10.2. The molecule has 0 atom stereocenters. The van der Waals surface area contributed by atoms with Crippen molar-refractivity contribution >= 4 is 11.9 Å². The minimum atomic E-state index is -0.897. The Morgan fingerprint density at radius 1 is 1.33 bits per heavy atom. The van der Waals surface area contributed by atoms with E-state index in [0.717, 1.165) is 19.5 Å². The van der Waals surface area contributed by atoms with Gasteiger partial charge in [0, 0.05) is 19.5 Å². The van der Waals surface area contributed by atoms with E-state index in [1.54, 1.807) is 0 Å². The normalized spacial score (nSPS) is 15.0. The van der Waals surface area contributed by atoms with Gasteiger partial charge in [0.15, 0.2) is 0 Å². The van der Waals surface area contributed by atoms with Crippen molar-refractivity contribution in [2.45, 2.75) is 39.0 Å². The van der Waals surface area contributed by atoms with Crippen LogP contribution in [0.5, 0.6) is 0 Å². The van der Waals surface area contributed by atoms with Gasteiger partial charge >= 0.3 is 5.97 Å². The molecular formula is C11H19NO3. The van der Waals surface area contributed by atoms with Gasteiger partial charge < -0.3 is 10.0 Å². The molecule has 4 nitrogen and oxygen atoms in total. The molecule has 0 unspecified atom stereocenters. The van der Waals surface area contributed by atoms with E-state index in [-0.39, 0.29) is 18.7 Å². The van der Waals surface area contributed by atoms with Gasteiger partial charge in [-0.1, -0.05) is 6.92 Å². The zero-order chi connectivity index (χ0) is 11.3. The van der Waals surface area contributed by atoms with Crippen molar-refractivity contribution in [2.75, 3.05) is 13.1 Å². The van der Waals surface area contributed by atoms with E-state index in [2.05, 4.69) is 0 Å². The van der Waals surface area contributed by atoms with Crippen LogP contribution in [0.3, 0.4) is 0 Å². The van der Waals surface area contributed by atoms with Crippen LogP contribution in [-0.2, 0) is 9.59 Å². The highest BCUT2D eigenvalue weighted by atomic mass is 16.4. The second-order valence-electron chi connectivity index (χ2n) is 4.18. The molecule has 0 aromatic heterocycles. The number of aliphatic carboxylic acids is 1. The maximum atomic E-state index is 11.7. The summed E-state index contributed by atoms with van der Waals surface area (Å²) in [7, 11) is 0. The minimum absolute atomic E-state index is 0.00819. The highest BCUT2D eigenvalue weighted by Crippen LogP contribution is 2.29. The Morgan fingerprint density at radius 3 is 2.47 bits per heavy atom. The van der Waals surface area contributed by atoms with Gasteiger partial charge in [0.2, 0.25) is 5.91 Å². The van der Waals surface area contributed by atoms with Gasteiger partial charge in [-0.2, -0.15) is 0 Å². The summed E-state index contributed by atoms with van der Waals surface area (Å²) < 4.78 is 0. The number of hydrogen-bond donors (Lipinski definition) is 1. The first-order chi connectivity index (χ1) is 7.13. The van der Waals surface area contributed by atoms with Crippen LogP contribution in [-0.4, -0.2) is 35.0 Å². The quantitative estimate of drug-likeness (QED) is 0.697.